The molecule has 5 rings (SSSR count). The van der Waals surface area contributed by atoms with E-state index in [1.807, 2.05) is 37.7 Å². The van der Waals surface area contributed by atoms with Crippen molar-refractivity contribution in [3.05, 3.63) is 88.1 Å². The molecule has 1 atom stereocenters. The number of carbonyl (C=O) groups excluding carboxylic acids is 1. The van der Waals surface area contributed by atoms with E-state index in [0.717, 1.165) is 40.3 Å². The fraction of sp³-hybridized carbons (Fsp3) is 0.250. The molecule has 3 aromatic heterocycles. The van der Waals surface area contributed by atoms with Crippen LogP contribution in [0.2, 0.25) is 0 Å². The standard InChI is InChI=1S/C24H21F2N5O2/c1-13-23(14(2)30(3)28-13)18-11-31(12-21-16(18)5-4-8-27-21)24(32)20-10-22(33-29-20)17-7-6-15(25)9-19(17)26/h4-10,18H,11-12H2,1-3H3. The maximum Gasteiger partial charge on any atom is 0.276 e. The lowest BCUT2D eigenvalue weighted by Crippen LogP contribution is -2.39. The van der Waals surface area contributed by atoms with Crippen LogP contribution in [0.3, 0.4) is 0 Å². The third-order valence-corrected chi connectivity index (χ3v) is 6.17. The van der Waals surface area contributed by atoms with E-state index in [0.29, 0.717) is 13.1 Å². The summed E-state index contributed by atoms with van der Waals surface area (Å²) in [5, 5.41) is 8.40. The molecule has 1 aliphatic rings. The van der Waals surface area contributed by atoms with Crippen LogP contribution in [0, 0.1) is 25.5 Å². The van der Waals surface area contributed by atoms with Crippen LogP contribution in [0.25, 0.3) is 11.3 Å². The van der Waals surface area contributed by atoms with Crippen molar-refractivity contribution < 1.29 is 18.1 Å². The van der Waals surface area contributed by atoms with Crippen LogP contribution in [-0.4, -0.2) is 37.3 Å². The molecule has 1 amide bonds. The van der Waals surface area contributed by atoms with Crippen molar-refractivity contribution in [1.29, 1.82) is 0 Å². The van der Waals surface area contributed by atoms with Gasteiger partial charge in [0.15, 0.2) is 11.5 Å². The van der Waals surface area contributed by atoms with Crippen molar-refractivity contribution in [2.24, 2.45) is 7.05 Å². The predicted molar refractivity (Wildman–Crippen MR) is 115 cm³/mol. The van der Waals surface area contributed by atoms with Crippen LogP contribution in [0.5, 0.6) is 0 Å². The Kier molecular flexibility index (Phi) is 5.03. The average molecular weight is 449 g/mol. The zero-order valence-electron chi connectivity index (χ0n) is 18.3. The van der Waals surface area contributed by atoms with Crippen LogP contribution in [-0.2, 0) is 13.6 Å². The Labute approximate surface area is 188 Å². The Bertz CT molecular complexity index is 1380. The molecule has 4 aromatic rings. The zero-order valence-corrected chi connectivity index (χ0v) is 18.3. The van der Waals surface area contributed by atoms with Crippen LogP contribution in [0.4, 0.5) is 8.78 Å². The van der Waals surface area contributed by atoms with E-state index in [9.17, 15) is 13.6 Å². The van der Waals surface area contributed by atoms with Gasteiger partial charge in [0.1, 0.15) is 11.6 Å². The first-order valence-corrected chi connectivity index (χ1v) is 10.5. The second-order valence-corrected chi connectivity index (χ2v) is 8.19. The van der Waals surface area contributed by atoms with Gasteiger partial charge in [-0.3, -0.25) is 14.5 Å². The second-order valence-electron chi connectivity index (χ2n) is 8.19. The normalized spacial score (nSPS) is 15.5. The molecule has 0 saturated carbocycles. The molecule has 1 aromatic carbocycles. The maximum absolute atomic E-state index is 14.1. The molecule has 33 heavy (non-hydrogen) atoms. The van der Waals surface area contributed by atoms with Crippen molar-refractivity contribution in [3.63, 3.8) is 0 Å². The first-order valence-electron chi connectivity index (χ1n) is 10.5. The molecule has 0 saturated heterocycles. The van der Waals surface area contributed by atoms with Crippen LogP contribution in [0.1, 0.15) is 44.6 Å². The largest absolute Gasteiger partial charge is 0.355 e. The molecule has 168 valence electrons. The van der Waals surface area contributed by atoms with Gasteiger partial charge in [-0.05, 0) is 37.6 Å². The van der Waals surface area contributed by atoms with E-state index >= 15 is 0 Å². The number of hydrogen-bond acceptors (Lipinski definition) is 5. The van der Waals surface area contributed by atoms with E-state index in [1.165, 1.54) is 12.1 Å². The SMILES string of the molecule is Cc1nn(C)c(C)c1C1CN(C(=O)c2cc(-c3ccc(F)cc3F)on2)Cc2ncccc21. The van der Waals surface area contributed by atoms with E-state index in [4.69, 9.17) is 4.52 Å². The van der Waals surface area contributed by atoms with Crippen molar-refractivity contribution in [3.8, 4) is 11.3 Å². The highest BCUT2D eigenvalue weighted by molar-refractivity contribution is 5.93. The third kappa shape index (κ3) is 3.59. The number of fused-ring (bicyclic) bond motifs is 1. The minimum atomic E-state index is -0.788. The van der Waals surface area contributed by atoms with Gasteiger partial charge in [0.05, 0.1) is 23.5 Å². The van der Waals surface area contributed by atoms with Crippen molar-refractivity contribution in [1.82, 2.24) is 24.8 Å². The monoisotopic (exact) mass is 449 g/mol. The number of aromatic nitrogens is 4. The van der Waals surface area contributed by atoms with Gasteiger partial charge in [0.2, 0.25) is 0 Å². The topological polar surface area (TPSA) is 77.0 Å². The number of amides is 1. The lowest BCUT2D eigenvalue weighted by atomic mass is 9.85. The number of halogens is 2. The van der Waals surface area contributed by atoms with E-state index in [1.54, 1.807) is 11.1 Å². The Morgan fingerprint density at radius 1 is 1.18 bits per heavy atom. The first kappa shape index (κ1) is 21.0. The fourth-order valence-electron chi connectivity index (χ4n) is 4.51. The summed E-state index contributed by atoms with van der Waals surface area (Å²) in [6.07, 6.45) is 1.71. The average Bonchev–Trinajstić information content (AvgIpc) is 3.37. The van der Waals surface area contributed by atoms with E-state index in [2.05, 4.69) is 15.2 Å². The van der Waals surface area contributed by atoms with Crippen molar-refractivity contribution in [2.45, 2.75) is 26.3 Å². The van der Waals surface area contributed by atoms with Crippen LogP contribution >= 0.6 is 0 Å². The molecule has 9 heteroatoms. The fourth-order valence-corrected chi connectivity index (χ4v) is 4.51. The number of carbonyl (C=O) groups is 1. The first-order chi connectivity index (χ1) is 15.8. The molecule has 1 unspecified atom stereocenters. The molecule has 4 heterocycles. The molecule has 1 aliphatic heterocycles. The van der Waals surface area contributed by atoms with Gasteiger partial charge in [-0.15, -0.1) is 0 Å². The summed E-state index contributed by atoms with van der Waals surface area (Å²) in [6, 6.07) is 8.44. The number of hydrogen-bond donors (Lipinski definition) is 0. The highest BCUT2D eigenvalue weighted by Gasteiger charge is 2.34. The summed E-state index contributed by atoms with van der Waals surface area (Å²) in [5.74, 6) is -1.88. The molecule has 7 nitrogen and oxygen atoms in total. The zero-order chi connectivity index (χ0) is 23.3. The summed E-state index contributed by atoms with van der Waals surface area (Å²) in [4.78, 5) is 19.5. The minimum Gasteiger partial charge on any atom is -0.355 e. The number of pyridine rings is 1. The third-order valence-electron chi connectivity index (χ3n) is 6.17. The number of aryl methyl sites for hydroxylation is 2. The quantitative estimate of drug-likeness (QED) is 0.470. The molecule has 0 bridgehead atoms. The summed E-state index contributed by atoms with van der Waals surface area (Å²) in [5.41, 5.74) is 4.95. The predicted octanol–water partition coefficient (Wildman–Crippen LogP) is 4.15. The van der Waals surface area contributed by atoms with Crippen LogP contribution in [0.15, 0.2) is 47.1 Å². The van der Waals surface area contributed by atoms with Gasteiger partial charge in [0, 0.05) is 49.1 Å². The molecule has 0 spiro atoms. The molecule has 0 N–H and O–H groups in total. The van der Waals surface area contributed by atoms with Gasteiger partial charge < -0.3 is 9.42 Å². The number of nitrogens with zero attached hydrogens (tertiary/aromatic N) is 5. The molecular formula is C24H21F2N5O2. The Morgan fingerprint density at radius 2 is 2.00 bits per heavy atom. The van der Waals surface area contributed by atoms with Crippen molar-refractivity contribution in [2.75, 3.05) is 6.54 Å². The summed E-state index contributed by atoms with van der Waals surface area (Å²) >= 11 is 0. The lowest BCUT2D eigenvalue weighted by molar-refractivity contribution is 0.0711. The number of rotatable bonds is 3. The lowest BCUT2D eigenvalue weighted by Gasteiger charge is -2.34. The van der Waals surface area contributed by atoms with Gasteiger partial charge in [-0.1, -0.05) is 11.2 Å². The van der Waals surface area contributed by atoms with Gasteiger partial charge >= 0.3 is 0 Å². The second kappa shape index (κ2) is 7.91. The molecule has 0 fully saturated rings. The Balaban J connectivity index is 1.49. The molecular weight excluding hydrogens is 428 g/mol. The molecule has 0 radical (unpaired) electrons. The van der Waals surface area contributed by atoms with E-state index in [-0.39, 0.29) is 28.8 Å². The minimum absolute atomic E-state index is 0.0353. The van der Waals surface area contributed by atoms with Gasteiger partial charge in [-0.25, -0.2) is 8.78 Å². The highest BCUT2D eigenvalue weighted by atomic mass is 19.1. The van der Waals surface area contributed by atoms with E-state index < -0.39 is 11.6 Å². The summed E-state index contributed by atoms with van der Waals surface area (Å²) in [7, 11) is 1.90. The van der Waals surface area contributed by atoms with Crippen molar-refractivity contribution >= 4 is 5.91 Å². The Morgan fingerprint density at radius 3 is 2.73 bits per heavy atom. The van der Waals surface area contributed by atoms with Gasteiger partial charge in [-0.2, -0.15) is 5.10 Å². The summed E-state index contributed by atoms with van der Waals surface area (Å²) in [6.45, 7) is 4.70. The number of benzene rings is 1. The Hall–Kier alpha value is -3.88. The van der Waals surface area contributed by atoms with Crippen LogP contribution < -0.4 is 0 Å². The van der Waals surface area contributed by atoms with Gasteiger partial charge in [0.25, 0.3) is 5.91 Å². The molecule has 0 aliphatic carbocycles. The smallest absolute Gasteiger partial charge is 0.276 e. The maximum atomic E-state index is 14.1. The highest BCUT2D eigenvalue weighted by Crippen LogP contribution is 2.36. The summed E-state index contributed by atoms with van der Waals surface area (Å²) < 4.78 is 34.4.